The third-order valence-corrected chi connectivity index (χ3v) is 8.28. The molecule has 1 N–H and O–H groups in total. The first-order valence-electron chi connectivity index (χ1n) is 13.5. The molecule has 2 aliphatic rings. The molecule has 3 aromatic rings. The second kappa shape index (κ2) is 11.2. The number of likely N-dealkylation sites (N-methyl/N-ethyl adjacent to an activating group) is 1. The van der Waals surface area contributed by atoms with Gasteiger partial charge in [-0.1, -0.05) is 45.0 Å². The van der Waals surface area contributed by atoms with Crippen molar-refractivity contribution in [1.29, 1.82) is 0 Å². The van der Waals surface area contributed by atoms with E-state index >= 15 is 0 Å². The Morgan fingerprint density at radius 3 is 2.62 bits per heavy atom. The van der Waals surface area contributed by atoms with Crippen LogP contribution in [0.4, 0.5) is 5.82 Å². The van der Waals surface area contributed by atoms with Crippen LogP contribution in [0, 0.1) is 6.92 Å². The Morgan fingerprint density at radius 2 is 1.90 bits per heavy atom. The second-order valence-electron chi connectivity index (χ2n) is 11.5. The predicted octanol–water partition coefficient (Wildman–Crippen LogP) is 4.05. The van der Waals surface area contributed by atoms with E-state index < -0.39 is 0 Å². The molecule has 0 saturated carbocycles. The lowest BCUT2D eigenvalue weighted by molar-refractivity contribution is -0.122. The van der Waals surface area contributed by atoms with Gasteiger partial charge in [-0.2, -0.15) is 5.10 Å². The highest BCUT2D eigenvalue weighted by Gasteiger charge is 2.40. The maximum absolute atomic E-state index is 13.8. The molecule has 2 aromatic carbocycles. The van der Waals surface area contributed by atoms with Crippen LogP contribution < -0.4 is 19.7 Å². The molecule has 0 aliphatic carbocycles. The number of carbonyl (C=O) groups is 2. The Morgan fingerprint density at radius 1 is 1.15 bits per heavy atom. The van der Waals surface area contributed by atoms with Gasteiger partial charge in [0.1, 0.15) is 12.4 Å². The first kappa shape index (κ1) is 28.0. The van der Waals surface area contributed by atoms with Gasteiger partial charge in [-0.05, 0) is 50.3 Å². The number of nitrogens with zero attached hydrogens (tertiary/aromatic N) is 4. The van der Waals surface area contributed by atoms with Gasteiger partial charge in [0.2, 0.25) is 18.6 Å². The van der Waals surface area contributed by atoms with E-state index in [2.05, 4.69) is 26.1 Å². The number of para-hydroxylation sites is 1. The van der Waals surface area contributed by atoms with Gasteiger partial charge in [-0.3, -0.25) is 14.5 Å². The summed E-state index contributed by atoms with van der Waals surface area (Å²) in [6.45, 7) is 9.73. The average Bonchev–Trinajstić information content (AvgIpc) is 3.49. The Bertz CT molecular complexity index is 1430. The fourth-order valence-corrected chi connectivity index (χ4v) is 6.19. The summed E-state index contributed by atoms with van der Waals surface area (Å²) in [6, 6.07) is 13.9. The molecule has 0 radical (unpaired) electrons. The van der Waals surface area contributed by atoms with Gasteiger partial charge in [-0.15, -0.1) is 11.8 Å². The molecule has 212 valence electrons. The number of carbonyl (C=O) groups excluding carboxylic acids is 2. The molecule has 3 heterocycles. The molecule has 1 aromatic heterocycles. The van der Waals surface area contributed by atoms with E-state index in [1.54, 1.807) is 16.7 Å². The van der Waals surface area contributed by atoms with Crippen LogP contribution in [0.1, 0.15) is 48.4 Å². The quantitative estimate of drug-likeness (QED) is 0.464. The van der Waals surface area contributed by atoms with Gasteiger partial charge in [-0.25, -0.2) is 4.68 Å². The summed E-state index contributed by atoms with van der Waals surface area (Å²) >= 11 is 1.55. The van der Waals surface area contributed by atoms with Gasteiger partial charge in [0.15, 0.2) is 11.5 Å². The largest absolute Gasteiger partial charge is 0.454 e. The predicted molar refractivity (Wildman–Crippen MR) is 158 cm³/mol. The highest BCUT2D eigenvalue weighted by Crippen LogP contribution is 2.50. The van der Waals surface area contributed by atoms with E-state index in [4.69, 9.17) is 14.6 Å². The Balaban J connectivity index is 1.69. The summed E-state index contributed by atoms with van der Waals surface area (Å²) in [6.07, 6.45) is 0. The van der Waals surface area contributed by atoms with Crippen molar-refractivity contribution in [2.24, 2.45) is 0 Å². The summed E-state index contributed by atoms with van der Waals surface area (Å²) in [4.78, 5) is 30.6. The summed E-state index contributed by atoms with van der Waals surface area (Å²) in [5.41, 5.74) is 4.37. The van der Waals surface area contributed by atoms with Crippen LogP contribution in [-0.4, -0.2) is 72.8 Å². The zero-order chi connectivity index (χ0) is 28.6. The zero-order valence-electron chi connectivity index (χ0n) is 24.0. The van der Waals surface area contributed by atoms with E-state index in [9.17, 15) is 9.59 Å². The van der Waals surface area contributed by atoms with E-state index in [1.165, 1.54) is 0 Å². The van der Waals surface area contributed by atoms with E-state index in [-0.39, 0.29) is 41.6 Å². The van der Waals surface area contributed by atoms with Crippen LogP contribution in [0.25, 0.3) is 5.69 Å². The fourth-order valence-electron chi connectivity index (χ4n) is 5.00. The third kappa shape index (κ3) is 5.55. The van der Waals surface area contributed by atoms with Gasteiger partial charge in [0, 0.05) is 24.1 Å². The molecule has 0 bridgehead atoms. The number of aryl methyl sites for hydroxylation is 1. The van der Waals surface area contributed by atoms with E-state index in [0.29, 0.717) is 30.4 Å². The summed E-state index contributed by atoms with van der Waals surface area (Å²) in [5.74, 6) is 1.92. The lowest BCUT2D eigenvalue weighted by Crippen LogP contribution is -2.43. The molecule has 1 atom stereocenters. The van der Waals surface area contributed by atoms with Crippen LogP contribution >= 0.6 is 11.8 Å². The topological polar surface area (TPSA) is 88.9 Å². The molecular formula is C30H37N5O4S. The molecule has 9 nitrogen and oxygen atoms in total. The molecule has 0 saturated heterocycles. The minimum Gasteiger partial charge on any atom is -0.454 e. The smallest absolute Gasteiger partial charge is 0.240 e. The highest BCUT2D eigenvalue weighted by atomic mass is 32.2. The molecule has 0 unspecified atom stereocenters. The number of hydrogen-bond acceptors (Lipinski definition) is 7. The fraction of sp³-hybridized carbons (Fsp3) is 0.433. The van der Waals surface area contributed by atoms with Crippen molar-refractivity contribution < 1.29 is 19.1 Å². The summed E-state index contributed by atoms with van der Waals surface area (Å²) in [5, 5.41) is 7.94. The average molecular weight is 564 g/mol. The summed E-state index contributed by atoms with van der Waals surface area (Å²) < 4.78 is 13.1. The first-order chi connectivity index (χ1) is 19.0. The van der Waals surface area contributed by atoms with Crippen molar-refractivity contribution in [3.63, 3.8) is 0 Å². The number of thioether (sulfide) groups is 1. The van der Waals surface area contributed by atoms with Crippen LogP contribution in [-0.2, 0) is 15.0 Å². The lowest BCUT2D eigenvalue weighted by Gasteiger charge is -2.25. The van der Waals surface area contributed by atoms with Gasteiger partial charge >= 0.3 is 0 Å². The Hall–Kier alpha value is -3.50. The minimum absolute atomic E-state index is 0.0885. The number of hydrogen-bond donors (Lipinski definition) is 1. The summed E-state index contributed by atoms with van der Waals surface area (Å²) in [7, 11) is 3.91. The van der Waals surface area contributed by atoms with Crippen LogP contribution in [0.5, 0.6) is 11.5 Å². The molecule has 0 fully saturated rings. The third-order valence-electron chi connectivity index (χ3n) is 7.03. The van der Waals surface area contributed by atoms with Crippen LogP contribution in [0.15, 0.2) is 42.5 Å². The normalized spacial score (nSPS) is 16.7. The highest BCUT2D eigenvalue weighted by molar-refractivity contribution is 8.00. The van der Waals surface area contributed by atoms with Crippen LogP contribution in [0.3, 0.4) is 0 Å². The Kier molecular flexibility index (Phi) is 7.83. The van der Waals surface area contributed by atoms with Crippen molar-refractivity contribution in [3.05, 3.63) is 64.8 Å². The van der Waals surface area contributed by atoms with Gasteiger partial charge in [0.25, 0.3) is 0 Å². The van der Waals surface area contributed by atoms with Gasteiger partial charge < -0.3 is 19.7 Å². The van der Waals surface area contributed by atoms with Gasteiger partial charge in [0.05, 0.1) is 22.4 Å². The number of amides is 2. The Labute approximate surface area is 239 Å². The van der Waals surface area contributed by atoms with Crippen molar-refractivity contribution in [2.45, 2.75) is 38.4 Å². The number of rotatable bonds is 7. The monoisotopic (exact) mass is 563 g/mol. The van der Waals surface area contributed by atoms with Crippen molar-refractivity contribution >= 4 is 29.4 Å². The van der Waals surface area contributed by atoms with Crippen molar-refractivity contribution in [2.75, 3.05) is 51.2 Å². The molecule has 10 heteroatoms. The maximum Gasteiger partial charge on any atom is 0.240 e. The standard InChI is InChI=1S/C30H37N5O4S/c1-19-9-7-8-10-21(19)35-29-26(28(32-35)30(2,3)4)27(20-11-12-22-23(15-20)39-18-38-22)40-17-25(37)34(29)16-24(36)31-13-14-33(5)6/h7-12,15,27H,13-14,16-18H2,1-6H3,(H,31,36)/t27-/m0/s1. The molecule has 2 amide bonds. The van der Waals surface area contributed by atoms with Crippen molar-refractivity contribution in [1.82, 2.24) is 20.0 Å². The second-order valence-corrected chi connectivity index (χ2v) is 12.6. The number of aromatic nitrogens is 2. The molecule has 2 aliphatic heterocycles. The lowest BCUT2D eigenvalue weighted by atomic mass is 9.87. The number of anilines is 1. The van der Waals surface area contributed by atoms with E-state index in [1.807, 2.05) is 73.1 Å². The molecule has 0 spiro atoms. The minimum atomic E-state index is -0.333. The number of fused-ring (bicyclic) bond motifs is 2. The van der Waals surface area contributed by atoms with Crippen LogP contribution in [0.2, 0.25) is 0 Å². The number of ether oxygens (including phenoxy) is 2. The van der Waals surface area contributed by atoms with Crippen molar-refractivity contribution in [3.8, 4) is 17.2 Å². The number of benzene rings is 2. The van der Waals surface area contributed by atoms with E-state index in [0.717, 1.165) is 28.1 Å². The molecular weight excluding hydrogens is 526 g/mol. The first-order valence-corrected chi connectivity index (χ1v) is 14.5. The molecule has 5 rings (SSSR count). The molecule has 40 heavy (non-hydrogen) atoms. The maximum atomic E-state index is 13.8. The number of nitrogens with one attached hydrogen (secondary N) is 1. The SMILES string of the molecule is Cc1ccccc1-n1nc(C(C)(C)C)c2c1N(CC(=O)NCCN(C)C)C(=O)CS[C@H]2c1ccc2c(c1)OCO2. The zero-order valence-corrected chi connectivity index (χ0v) is 24.8.